The van der Waals surface area contributed by atoms with Gasteiger partial charge >= 0.3 is 5.97 Å². The number of benzene rings is 1. The standard InChI is InChI=1S/C15H18N2O3/c1-10(7-8-20-2)17-14-12-6-4-3-5-11(12)13(9-16-14)15(18)19/h3-6,9-10H,7-8H2,1-2H3,(H,16,17)(H,18,19). The first-order chi connectivity index (χ1) is 9.63. The van der Waals surface area contributed by atoms with Crippen LogP contribution in [0.3, 0.4) is 0 Å². The zero-order chi connectivity index (χ0) is 14.5. The van der Waals surface area contributed by atoms with Crippen LogP contribution in [-0.2, 0) is 4.74 Å². The highest BCUT2D eigenvalue weighted by molar-refractivity contribution is 6.06. The highest BCUT2D eigenvalue weighted by Crippen LogP contribution is 2.25. The first-order valence-corrected chi connectivity index (χ1v) is 6.50. The number of rotatable bonds is 6. The Labute approximate surface area is 117 Å². The number of aromatic nitrogens is 1. The van der Waals surface area contributed by atoms with E-state index in [2.05, 4.69) is 10.3 Å². The van der Waals surface area contributed by atoms with Gasteiger partial charge in [0.25, 0.3) is 0 Å². The number of carbonyl (C=O) groups is 1. The zero-order valence-corrected chi connectivity index (χ0v) is 11.6. The number of hydrogen-bond acceptors (Lipinski definition) is 4. The molecule has 0 spiro atoms. The number of anilines is 1. The number of fused-ring (bicyclic) bond motifs is 1. The molecule has 0 fully saturated rings. The minimum Gasteiger partial charge on any atom is -0.478 e. The van der Waals surface area contributed by atoms with Crippen molar-refractivity contribution in [1.82, 2.24) is 4.98 Å². The second-order valence-corrected chi connectivity index (χ2v) is 4.70. The number of hydrogen-bond donors (Lipinski definition) is 2. The summed E-state index contributed by atoms with van der Waals surface area (Å²) in [7, 11) is 1.67. The normalized spacial score (nSPS) is 12.3. The smallest absolute Gasteiger partial charge is 0.337 e. The van der Waals surface area contributed by atoms with Crippen molar-refractivity contribution in [3.8, 4) is 0 Å². The highest BCUT2D eigenvalue weighted by atomic mass is 16.5. The fourth-order valence-corrected chi connectivity index (χ4v) is 2.08. The number of aromatic carboxylic acids is 1. The third-order valence-corrected chi connectivity index (χ3v) is 3.16. The van der Waals surface area contributed by atoms with Crippen LogP contribution >= 0.6 is 0 Å². The number of carboxylic acids is 1. The Morgan fingerprint density at radius 2 is 2.10 bits per heavy atom. The summed E-state index contributed by atoms with van der Waals surface area (Å²) in [5.41, 5.74) is 0.218. The van der Waals surface area contributed by atoms with Crippen LogP contribution in [0.2, 0.25) is 0 Å². The molecule has 5 nitrogen and oxygen atoms in total. The van der Waals surface area contributed by atoms with Gasteiger partial charge in [-0.25, -0.2) is 9.78 Å². The summed E-state index contributed by atoms with van der Waals surface area (Å²) >= 11 is 0. The average molecular weight is 274 g/mol. The summed E-state index contributed by atoms with van der Waals surface area (Å²) in [5.74, 6) is -0.262. The van der Waals surface area contributed by atoms with Crippen molar-refractivity contribution in [3.05, 3.63) is 36.0 Å². The van der Waals surface area contributed by atoms with Crippen LogP contribution in [0, 0.1) is 0 Å². The molecule has 0 aliphatic carbocycles. The summed E-state index contributed by atoms with van der Waals surface area (Å²) in [6.07, 6.45) is 2.25. The maximum absolute atomic E-state index is 11.2. The van der Waals surface area contributed by atoms with Gasteiger partial charge in [-0.15, -0.1) is 0 Å². The van der Waals surface area contributed by atoms with Crippen molar-refractivity contribution < 1.29 is 14.6 Å². The monoisotopic (exact) mass is 274 g/mol. The molecule has 1 heterocycles. The molecule has 20 heavy (non-hydrogen) atoms. The molecule has 1 atom stereocenters. The molecule has 0 aliphatic heterocycles. The molecule has 0 saturated carbocycles. The predicted molar refractivity (Wildman–Crippen MR) is 78.3 cm³/mol. The molecular formula is C15H18N2O3. The van der Waals surface area contributed by atoms with E-state index in [0.717, 1.165) is 11.8 Å². The number of pyridine rings is 1. The summed E-state index contributed by atoms with van der Waals surface area (Å²) < 4.78 is 5.05. The van der Waals surface area contributed by atoms with Crippen molar-refractivity contribution in [1.29, 1.82) is 0 Å². The predicted octanol–water partition coefficient (Wildman–Crippen LogP) is 2.77. The number of nitrogens with one attached hydrogen (secondary N) is 1. The third kappa shape index (κ3) is 3.05. The molecule has 2 rings (SSSR count). The van der Waals surface area contributed by atoms with E-state index in [0.29, 0.717) is 17.8 Å². The lowest BCUT2D eigenvalue weighted by Crippen LogP contribution is -2.18. The third-order valence-electron chi connectivity index (χ3n) is 3.16. The van der Waals surface area contributed by atoms with Gasteiger partial charge in [-0.1, -0.05) is 24.3 Å². The van der Waals surface area contributed by atoms with Crippen LogP contribution in [-0.4, -0.2) is 35.8 Å². The van der Waals surface area contributed by atoms with Gasteiger partial charge in [0.15, 0.2) is 0 Å². The second kappa shape index (κ2) is 6.34. The van der Waals surface area contributed by atoms with Crippen LogP contribution in [0.5, 0.6) is 0 Å². The molecule has 5 heteroatoms. The highest BCUT2D eigenvalue weighted by Gasteiger charge is 2.13. The summed E-state index contributed by atoms with van der Waals surface area (Å²) in [4.78, 5) is 15.5. The first-order valence-electron chi connectivity index (χ1n) is 6.50. The van der Waals surface area contributed by atoms with E-state index in [1.165, 1.54) is 6.20 Å². The molecule has 1 aromatic carbocycles. The van der Waals surface area contributed by atoms with Crippen molar-refractivity contribution in [2.45, 2.75) is 19.4 Å². The van der Waals surface area contributed by atoms with Crippen molar-refractivity contribution in [3.63, 3.8) is 0 Å². The van der Waals surface area contributed by atoms with E-state index in [9.17, 15) is 9.90 Å². The van der Waals surface area contributed by atoms with E-state index in [1.54, 1.807) is 13.2 Å². The average Bonchev–Trinajstić information content (AvgIpc) is 2.45. The molecule has 0 radical (unpaired) electrons. The Kier molecular flexibility index (Phi) is 4.53. The van der Waals surface area contributed by atoms with Gasteiger partial charge in [0.2, 0.25) is 0 Å². The molecule has 2 aromatic rings. The van der Waals surface area contributed by atoms with Crippen LogP contribution < -0.4 is 5.32 Å². The molecule has 1 aromatic heterocycles. The second-order valence-electron chi connectivity index (χ2n) is 4.70. The molecule has 0 amide bonds. The fraction of sp³-hybridized carbons (Fsp3) is 0.333. The SMILES string of the molecule is COCCC(C)Nc1ncc(C(=O)O)c2ccccc12. The lowest BCUT2D eigenvalue weighted by molar-refractivity contribution is 0.0698. The Morgan fingerprint density at radius 1 is 1.40 bits per heavy atom. The van der Waals surface area contributed by atoms with E-state index in [4.69, 9.17) is 4.74 Å². The molecule has 2 N–H and O–H groups in total. The summed E-state index contributed by atoms with van der Waals surface area (Å²) in [5, 5.41) is 14.0. The van der Waals surface area contributed by atoms with Gasteiger partial charge in [0, 0.05) is 36.7 Å². The maximum Gasteiger partial charge on any atom is 0.337 e. The van der Waals surface area contributed by atoms with Crippen molar-refractivity contribution in [2.24, 2.45) is 0 Å². The number of carboxylic acid groups (broad SMARTS) is 1. The molecule has 1 unspecified atom stereocenters. The Balaban J connectivity index is 2.35. The van der Waals surface area contributed by atoms with E-state index >= 15 is 0 Å². The van der Waals surface area contributed by atoms with Crippen molar-refractivity contribution >= 4 is 22.6 Å². The lowest BCUT2D eigenvalue weighted by atomic mass is 10.1. The van der Waals surface area contributed by atoms with E-state index in [-0.39, 0.29) is 11.6 Å². The zero-order valence-electron chi connectivity index (χ0n) is 11.6. The topological polar surface area (TPSA) is 71.5 Å². The minimum absolute atomic E-state index is 0.196. The molecule has 106 valence electrons. The Hall–Kier alpha value is -2.14. The Bertz CT molecular complexity index is 613. The number of nitrogens with zero attached hydrogens (tertiary/aromatic N) is 1. The maximum atomic E-state index is 11.2. The van der Waals surface area contributed by atoms with Crippen LogP contribution in [0.25, 0.3) is 10.8 Å². The van der Waals surface area contributed by atoms with Crippen molar-refractivity contribution in [2.75, 3.05) is 19.0 Å². The van der Waals surface area contributed by atoms with Crippen LogP contribution in [0.4, 0.5) is 5.82 Å². The lowest BCUT2D eigenvalue weighted by Gasteiger charge is -2.16. The Morgan fingerprint density at radius 3 is 2.75 bits per heavy atom. The van der Waals surface area contributed by atoms with Gasteiger partial charge in [-0.2, -0.15) is 0 Å². The molecule has 0 aliphatic rings. The van der Waals surface area contributed by atoms with Gasteiger partial charge in [0.1, 0.15) is 5.82 Å². The largest absolute Gasteiger partial charge is 0.478 e. The van der Waals surface area contributed by atoms with Crippen LogP contribution in [0.1, 0.15) is 23.7 Å². The van der Waals surface area contributed by atoms with Crippen LogP contribution in [0.15, 0.2) is 30.5 Å². The number of ether oxygens (including phenoxy) is 1. The molecular weight excluding hydrogens is 256 g/mol. The van der Waals surface area contributed by atoms with Gasteiger partial charge in [-0.05, 0) is 13.3 Å². The summed E-state index contributed by atoms with van der Waals surface area (Å²) in [6.45, 7) is 2.71. The molecule has 0 saturated heterocycles. The van der Waals surface area contributed by atoms with Gasteiger partial charge < -0.3 is 15.2 Å². The molecule has 0 bridgehead atoms. The van der Waals surface area contributed by atoms with Gasteiger partial charge in [0.05, 0.1) is 5.56 Å². The first kappa shape index (κ1) is 14.3. The van der Waals surface area contributed by atoms with E-state index in [1.807, 2.05) is 25.1 Å². The van der Waals surface area contributed by atoms with Gasteiger partial charge in [-0.3, -0.25) is 0 Å². The fourth-order valence-electron chi connectivity index (χ4n) is 2.08. The quantitative estimate of drug-likeness (QED) is 0.847. The summed E-state index contributed by atoms with van der Waals surface area (Å²) in [6, 6.07) is 7.57. The minimum atomic E-state index is -0.965. The number of methoxy groups -OCH3 is 1. The van der Waals surface area contributed by atoms with E-state index < -0.39 is 5.97 Å².